The Morgan fingerprint density at radius 2 is 2.18 bits per heavy atom. The van der Waals surface area contributed by atoms with Crippen LogP contribution in [-0.2, 0) is 0 Å². The molecule has 0 bridgehead atoms. The molecule has 1 saturated carbocycles. The van der Waals surface area contributed by atoms with E-state index in [0.717, 1.165) is 23.6 Å². The molecule has 1 atom stereocenters. The minimum atomic E-state index is 0.520. The number of nitrogens with zero attached hydrogens (tertiary/aromatic N) is 2. The van der Waals surface area contributed by atoms with Crippen LogP contribution in [-0.4, -0.2) is 33.0 Å². The number of thioether (sulfide) groups is 1. The maximum absolute atomic E-state index is 4.31. The number of H-pyrrole nitrogens is 1. The fourth-order valence-electron chi connectivity index (χ4n) is 2.24. The first-order valence-corrected chi connectivity index (χ1v) is 7.41. The van der Waals surface area contributed by atoms with Gasteiger partial charge in [0.05, 0.1) is 0 Å². The van der Waals surface area contributed by atoms with Crippen LogP contribution in [0.15, 0.2) is 5.16 Å². The standard InChI is InChI=1S/C12H22N4S/c1-9(17-12-14-10(2)15-16-12)8-13-11-6-4-3-5-7-11/h9,11,13H,3-8H2,1-2H3,(H,14,15,16). The lowest BCUT2D eigenvalue weighted by Crippen LogP contribution is -2.35. The molecule has 2 rings (SSSR count). The van der Waals surface area contributed by atoms with Gasteiger partial charge in [0.25, 0.3) is 0 Å². The molecule has 1 aromatic heterocycles. The van der Waals surface area contributed by atoms with E-state index >= 15 is 0 Å². The second-order valence-corrected chi connectivity index (χ2v) is 6.28. The van der Waals surface area contributed by atoms with Crippen LogP contribution in [0, 0.1) is 6.92 Å². The summed E-state index contributed by atoms with van der Waals surface area (Å²) < 4.78 is 0. The zero-order valence-corrected chi connectivity index (χ0v) is 11.5. The third kappa shape index (κ3) is 4.32. The molecule has 1 unspecified atom stereocenters. The first-order valence-electron chi connectivity index (χ1n) is 6.53. The highest BCUT2D eigenvalue weighted by Crippen LogP contribution is 2.20. The molecule has 1 fully saturated rings. The van der Waals surface area contributed by atoms with Gasteiger partial charge in [-0.3, -0.25) is 5.10 Å². The van der Waals surface area contributed by atoms with E-state index in [1.165, 1.54) is 32.1 Å². The van der Waals surface area contributed by atoms with Crippen molar-refractivity contribution in [3.05, 3.63) is 5.82 Å². The Morgan fingerprint density at radius 1 is 1.41 bits per heavy atom. The molecular formula is C12H22N4S. The van der Waals surface area contributed by atoms with E-state index < -0.39 is 0 Å². The molecule has 0 spiro atoms. The average Bonchev–Trinajstić information content (AvgIpc) is 2.73. The lowest BCUT2D eigenvalue weighted by molar-refractivity contribution is 0.375. The molecule has 2 N–H and O–H groups in total. The first kappa shape index (κ1) is 12.9. The topological polar surface area (TPSA) is 53.6 Å². The summed E-state index contributed by atoms with van der Waals surface area (Å²) >= 11 is 1.74. The maximum Gasteiger partial charge on any atom is 0.208 e. The number of aryl methyl sites for hydroxylation is 1. The van der Waals surface area contributed by atoms with Gasteiger partial charge in [0.15, 0.2) is 0 Å². The van der Waals surface area contributed by atoms with Crippen LogP contribution in [0.5, 0.6) is 0 Å². The quantitative estimate of drug-likeness (QED) is 0.793. The summed E-state index contributed by atoms with van der Waals surface area (Å²) in [5, 5.41) is 12.1. The highest BCUT2D eigenvalue weighted by atomic mass is 32.2. The summed E-state index contributed by atoms with van der Waals surface area (Å²) in [4.78, 5) is 4.31. The third-order valence-corrected chi connectivity index (χ3v) is 4.14. The Kier molecular flexibility index (Phi) is 4.86. The second-order valence-electron chi connectivity index (χ2n) is 4.88. The largest absolute Gasteiger partial charge is 0.313 e. The minimum Gasteiger partial charge on any atom is -0.313 e. The number of aromatic amines is 1. The van der Waals surface area contributed by atoms with Gasteiger partial charge >= 0.3 is 0 Å². The third-order valence-electron chi connectivity index (χ3n) is 3.18. The van der Waals surface area contributed by atoms with Gasteiger partial charge < -0.3 is 5.32 Å². The maximum atomic E-state index is 4.31. The number of hydrogen-bond acceptors (Lipinski definition) is 4. The molecule has 96 valence electrons. The van der Waals surface area contributed by atoms with Crippen LogP contribution in [0.25, 0.3) is 0 Å². The van der Waals surface area contributed by atoms with E-state index in [1.807, 2.05) is 6.92 Å². The van der Waals surface area contributed by atoms with Gasteiger partial charge in [0.1, 0.15) is 5.82 Å². The van der Waals surface area contributed by atoms with Crippen molar-refractivity contribution in [1.29, 1.82) is 0 Å². The van der Waals surface area contributed by atoms with Crippen LogP contribution in [0.1, 0.15) is 44.9 Å². The first-order chi connectivity index (χ1) is 8.24. The van der Waals surface area contributed by atoms with Crippen LogP contribution < -0.4 is 5.32 Å². The highest BCUT2D eigenvalue weighted by molar-refractivity contribution is 7.99. The van der Waals surface area contributed by atoms with Gasteiger partial charge in [-0.25, -0.2) is 4.98 Å². The van der Waals surface area contributed by atoms with Crippen molar-refractivity contribution in [3.8, 4) is 0 Å². The van der Waals surface area contributed by atoms with Gasteiger partial charge in [-0.15, -0.1) is 5.10 Å². The average molecular weight is 254 g/mol. The molecule has 1 aromatic rings. The predicted molar refractivity (Wildman–Crippen MR) is 71.3 cm³/mol. The lowest BCUT2D eigenvalue weighted by Gasteiger charge is -2.24. The smallest absolute Gasteiger partial charge is 0.208 e. The van der Waals surface area contributed by atoms with Crippen LogP contribution in [0.4, 0.5) is 0 Å². The van der Waals surface area contributed by atoms with Crippen molar-refractivity contribution in [1.82, 2.24) is 20.5 Å². The van der Waals surface area contributed by atoms with Gasteiger partial charge in [0.2, 0.25) is 5.16 Å². The SMILES string of the molecule is Cc1nc(SC(C)CNC2CCCCC2)n[nH]1. The van der Waals surface area contributed by atoms with Crippen molar-refractivity contribution >= 4 is 11.8 Å². The molecule has 5 heteroatoms. The fraction of sp³-hybridized carbons (Fsp3) is 0.833. The highest BCUT2D eigenvalue weighted by Gasteiger charge is 2.14. The van der Waals surface area contributed by atoms with E-state index in [2.05, 4.69) is 27.4 Å². The molecule has 0 radical (unpaired) electrons. The molecule has 0 aliphatic heterocycles. The number of aromatic nitrogens is 3. The molecule has 17 heavy (non-hydrogen) atoms. The summed E-state index contributed by atoms with van der Waals surface area (Å²) in [6.45, 7) is 5.21. The van der Waals surface area contributed by atoms with E-state index in [4.69, 9.17) is 0 Å². The van der Waals surface area contributed by atoms with Gasteiger partial charge in [-0.2, -0.15) is 0 Å². The second kappa shape index (κ2) is 6.40. The predicted octanol–water partition coefficient (Wildman–Crippen LogP) is 2.52. The van der Waals surface area contributed by atoms with E-state index in [0.29, 0.717) is 5.25 Å². The zero-order valence-electron chi connectivity index (χ0n) is 10.7. The van der Waals surface area contributed by atoms with Crippen molar-refractivity contribution in [2.45, 2.75) is 62.4 Å². The molecule has 0 amide bonds. The van der Waals surface area contributed by atoms with Crippen LogP contribution >= 0.6 is 11.8 Å². The van der Waals surface area contributed by atoms with Gasteiger partial charge in [-0.1, -0.05) is 37.9 Å². The molecule has 0 saturated heterocycles. The van der Waals surface area contributed by atoms with E-state index in [-0.39, 0.29) is 0 Å². The molecular weight excluding hydrogens is 232 g/mol. The Balaban J connectivity index is 1.68. The molecule has 4 nitrogen and oxygen atoms in total. The van der Waals surface area contributed by atoms with Crippen LogP contribution in [0.3, 0.4) is 0 Å². The number of rotatable bonds is 5. The van der Waals surface area contributed by atoms with E-state index in [9.17, 15) is 0 Å². The molecule has 1 aliphatic rings. The fourth-order valence-corrected chi connectivity index (χ4v) is 3.06. The van der Waals surface area contributed by atoms with Crippen molar-refractivity contribution < 1.29 is 0 Å². The summed E-state index contributed by atoms with van der Waals surface area (Å²) in [5.41, 5.74) is 0. The molecule has 1 heterocycles. The van der Waals surface area contributed by atoms with Crippen LogP contribution in [0.2, 0.25) is 0 Å². The number of nitrogens with one attached hydrogen (secondary N) is 2. The molecule has 1 aliphatic carbocycles. The summed E-state index contributed by atoms with van der Waals surface area (Å²) in [5.74, 6) is 0.889. The van der Waals surface area contributed by atoms with Crippen molar-refractivity contribution in [3.63, 3.8) is 0 Å². The minimum absolute atomic E-state index is 0.520. The molecule has 0 aromatic carbocycles. The normalized spacial score (nSPS) is 19.4. The van der Waals surface area contributed by atoms with Crippen molar-refractivity contribution in [2.24, 2.45) is 0 Å². The Labute approximate surface area is 107 Å². The summed E-state index contributed by atoms with van der Waals surface area (Å²) in [6.07, 6.45) is 6.88. The van der Waals surface area contributed by atoms with Gasteiger partial charge in [0, 0.05) is 17.8 Å². The number of hydrogen-bond donors (Lipinski definition) is 2. The van der Waals surface area contributed by atoms with Gasteiger partial charge in [-0.05, 0) is 19.8 Å². The van der Waals surface area contributed by atoms with E-state index in [1.54, 1.807) is 11.8 Å². The summed E-state index contributed by atoms with van der Waals surface area (Å²) in [6, 6.07) is 0.737. The van der Waals surface area contributed by atoms with Crippen molar-refractivity contribution in [2.75, 3.05) is 6.54 Å². The zero-order chi connectivity index (χ0) is 12.1. The Morgan fingerprint density at radius 3 is 2.82 bits per heavy atom. The Bertz CT molecular complexity index is 333. The monoisotopic (exact) mass is 254 g/mol. The Hall–Kier alpha value is -0.550. The lowest BCUT2D eigenvalue weighted by atomic mass is 9.95. The summed E-state index contributed by atoms with van der Waals surface area (Å²) in [7, 11) is 0.